The SMILES string of the molecule is SCCC=Cc1ccc2c(c1)[nH]c1ccccc12. The molecule has 0 unspecified atom stereocenters. The summed E-state index contributed by atoms with van der Waals surface area (Å²) in [6, 6.07) is 15.0. The number of aromatic amines is 1. The van der Waals surface area contributed by atoms with E-state index in [1.807, 2.05) is 0 Å². The molecule has 0 saturated carbocycles. The molecule has 90 valence electrons. The first-order chi connectivity index (χ1) is 8.88. The lowest BCUT2D eigenvalue weighted by Crippen LogP contribution is -1.74. The van der Waals surface area contributed by atoms with Crippen LogP contribution in [0.15, 0.2) is 48.5 Å². The molecule has 0 amide bonds. The van der Waals surface area contributed by atoms with Crippen molar-refractivity contribution in [3.63, 3.8) is 0 Å². The topological polar surface area (TPSA) is 15.8 Å². The number of hydrogen-bond acceptors (Lipinski definition) is 1. The average molecular weight is 253 g/mol. The minimum Gasteiger partial charge on any atom is -0.354 e. The summed E-state index contributed by atoms with van der Waals surface area (Å²) in [5.41, 5.74) is 3.63. The number of fused-ring (bicyclic) bond motifs is 3. The Morgan fingerprint density at radius 3 is 2.72 bits per heavy atom. The van der Waals surface area contributed by atoms with Crippen LogP contribution in [0.2, 0.25) is 0 Å². The summed E-state index contributed by atoms with van der Waals surface area (Å²) in [6.07, 6.45) is 5.33. The van der Waals surface area contributed by atoms with E-state index in [0.29, 0.717) is 0 Å². The van der Waals surface area contributed by atoms with Crippen molar-refractivity contribution in [3.8, 4) is 0 Å². The lowest BCUT2D eigenvalue weighted by molar-refractivity contribution is 1.26. The molecular weight excluding hydrogens is 238 g/mol. The molecule has 0 bridgehead atoms. The third-order valence-electron chi connectivity index (χ3n) is 3.14. The number of benzene rings is 2. The third-order valence-corrected chi connectivity index (χ3v) is 3.39. The van der Waals surface area contributed by atoms with Crippen LogP contribution in [0.5, 0.6) is 0 Å². The van der Waals surface area contributed by atoms with Crippen molar-refractivity contribution in [1.82, 2.24) is 4.98 Å². The highest BCUT2D eigenvalue weighted by Crippen LogP contribution is 2.26. The lowest BCUT2D eigenvalue weighted by atomic mass is 10.1. The van der Waals surface area contributed by atoms with E-state index in [1.54, 1.807) is 0 Å². The molecule has 0 spiro atoms. The smallest absolute Gasteiger partial charge is 0.0470 e. The maximum absolute atomic E-state index is 4.20. The summed E-state index contributed by atoms with van der Waals surface area (Å²) in [4.78, 5) is 3.46. The largest absolute Gasteiger partial charge is 0.354 e. The Kier molecular flexibility index (Phi) is 3.11. The Morgan fingerprint density at radius 2 is 1.83 bits per heavy atom. The van der Waals surface area contributed by atoms with E-state index in [2.05, 4.69) is 72.2 Å². The second kappa shape index (κ2) is 4.91. The van der Waals surface area contributed by atoms with Gasteiger partial charge in [0, 0.05) is 21.8 Å². The fourth-order valence-corrected chi connectivity index (χ4v) is 2.42. The molecule has 0 aliphatic carbocycles. The summed E-state index contributed by atoms with van der Waals surface area (Å²) < 4.78 is 0. The zero-order chi connectivity index (χ0) is 12.4. The molecule has 0 saturated heterocycles. The average Bonchev–Trinajstić information content (AvgIpc) is 2.76. The molecule has 0 aliphatic rings. The number of H-pyrrole nitrogens is 1. The molecule has 3 rings (SSSR count). The number of rotatable bonds is 3. The molecule has 0 atom stereocenters. The Hall–Kier alpha value is -1.67. The summed E-state index contributed by atoms with van der Waals surface area (Å²) >= 11 is 4.20. The minimum atomic E-state index is 0.894. The van der Waals surface area contributed by atoms with Crippen molar-refractivity contribution in [3.05, 3.63) is 54.1 Å². The van der Waals surface area contributed by atoms with Crippen LogP contribution in [-0.4, -0.2) is 10.7 Å². The maximum Gasteiger partial charge on any atom is 0.0470 e. The molecule has 18 heavy (non-hydrogen) atoms. The van der Waals surface area contributed by atoms with Gasteiger partial charge in [-0.25, -0.2) is 0 Å². The standard InChI is InChI=1S/C16H15NS/c18-10-4-3-5-12-8-9-14-13-6-1-2-7-15(13)17-16(14)11-12/h1-3,5-9,11,17-18H,4,10H2. The highest BCUT2D eigenvalue weighted by Gasteiger charge is 2.02. The van der Waals surface area contributed by atoms with E-state index in [-0.39, 0.29) is 0 Å². The monoisotopic (exact) mass is 253 g/mol. The molecular formula is C16H15NS. The van der Waals surface area contributed by atoms with Gasteiger partial charge in [0.05, 0.1) is 0 Å². The van der Waals surface area contributed by atoms with Gasteiger partial charge in [0.25, 0.3) is 0 Å². The first-order valence-electron chi connectivity index (χ1n) is 6.16. The molecule has 2 aromatic carbocycles. The predicted octanol–water partition coefficient (Wildman–Crippen LogP) is 4.65. The van der Waals surface area contributed by atoms with Gasteiger partial charge in [-0.2, -0.15) is 12.6 Å². The van der Waals surface area contributed by atoms with Gasteiger partial charge < -0.3 is 4.98 Å². The van der Waals surface area contributed by atoms with Crippen LogP contribution in [0.25, 0.3) is 27.9 Å². The van der Waals surface area contributed by atoms with E-state index in [1.165, 1.54) is 27.4 Å². The first kappa shape index (κ1) is 11.4. The fourth-order valence-electron chi connectivity index (χ4n) is 2.27. The van der Waals surface area contributed by atoms with Crippen molar-refractivity contribution in [2.75, 3.05) is 5.75 Å². The highest BCUT2D eigenvalue weighted by atomic mass is 32.1. The normalized spacial score (nSPS) is 11.8. The van der Waals surface area contributed by atoms with E-state index < -0.39 is 0 Å². The van der Waals surface area contributed by atoms with Gasteiger partial charge >= 0.3 is 0 Å². The second-order valence-electron chi connectivity index (χ2n) is 4.39. The maximum atomic E-state index is 4.20. The minimum absolute atomic E-state index is 0.894. The van der Waals surface area contributed by atoms with Crippen LogP contribution in [0.4, 0.5) is 0 Å². The Morgan fingerprint density at radius 1 is 1.00 bits per heavy atom. The first-order valence-corrected chi connectivity index (χ1v) is 6.79. The number of hydrogen-bond donors (Lipinski definition) is 2. The van der Waals surface area contributed by atoms with Gasteiger partial charge in [-0.1, -0.05) is 42.5 Å². The zero-order valence-electron chi connectivity index (χ0n) is 10.1. The number of aromatic nitrogens is 1. The summed E-state index contributed by atoms with van der Waals surface area (Å²) in [6.45, 7) is 0. The van der Waals surface area contributed by atoms with Gasteiger partial charge in [0.2, 0.25) is 0 Å². The number of allylic oxidation sites excluding steroid dienone is 1. The predicted molar refractivity (Wildman–Crippen MR) is 83.3 cm³/mol. The molecule has 1 aromatic heterocycles. The molecule has 0 radical (unpaired) electrons. The molecule has 0 fully saturated rings. The zero-order valence-corrected chi connectivity index (χ0v) is 11.0. The van der Waals surface area contributed by atoms with Crippen LogP contribution < -0.4 is 0 Å². The second-order valence-corrected chi connectivity index (χ2v) is 4.84. The van der Waals surface area contributed by atoms with Crippen molar-refractivity contribution in [2.24, 2.45) is 0 Å². The quantitative estimate of drug-likeness (QED) is 0.632. The van der Waals surface area contributed by atoms with E-state index >= 15 is 0 Å². The number of nitrogens with one attached hydrogen (secondary N) is 1. The van der Waals surface area contributed by atoms with Crippen LogP contribution in [-0.2, 0) is 0 Å². The Balaban J connectivity index is 2.09. The van der Waals surface area contributed by atoms with Crippen LogP contribution in [0.3, 0.4) is 0 Å². The summed E-state index contributed by atoms with van der Waals surface area (Å²) in [5, 5.41) is 2.58. The molecule has 1 heterocycles. The van der Waals surface area contributed by atoms with Gasteiger partial charge in [-0.3, -0.25) is 0 Å². The van der Waals surface area contributed by atoms with E-state index in [4.69, 9.17) is 0 Å². The van der Waals surface area contributed by atoms with Gasteiger partial charge in [0.1, 0.15) is 0 Å². The summed E-state index contributed by atoms with van der Waals surface area (Å²) in [5.74, 6) is 0.894. The highest BCUT2D eigenvalue weighted by molar-refractivity contribution is 7.80. The van der Waals surface area contributed by atoms with Gasteiger partial charge in [-0.05, 0) is 29.9 Å². The van der Waals surface area contributed by atoms with Crippen molar-refractivity contribution in [1.29, 1.82) is 0 Å². The van der Waals surface area contributed by atoms with E-state index in [9.17, 15) is 0 Å². The lowest BCUT2D eigenvalue weighted by Gasteiger charge is -1.95. The number of para-hydroxylation sites is 1. The van der Waals surface area contributed by atoms with Gasteiger partial charge in [0.15, 0.2) is 0 Å². The van der Waals surface area contributed by atoms with Crippen molar-refractivity contribution in [2.45, 2.75) is 6.42 Å². The molecule has 2 heteroatoms. The third kappa shape index (κ3) is 2.04. The van der Waals surface area contributed by atoms with Gasteiger partial charge in [-0.15, -0.1) is 0 Å². The molecule has 1 nitrogen and oxygen atoms in total. The molecule has 0 aliphatic heterocycles. The van der Waals surface area contributed by atoms with E-state index in [0.717, 1.165) is 12.2 Å². The van der Waals surface area contributed by atoms with Crippen molar-refractivity contribution < 1.29 is 0 Å². The number of thiol groups is 1. The summed E-state index contributed by atoms with van der Waals surface area (Å²) in [7, 11) is 0. The van der Waals surface area contributed by atoms with Crippen LogP contribution in [0, 0.1) is 0 Å². The molecule has 3 aromatic rings. The van der Waals surface area contributed by atoms with Crippen LogP contribution in [0.1, 0.15) is 12.0 Å². The fraction of sp³-hybridized carbons (Fsp3) is 0.125. The van der Waals surface area contributed by atoms with Crippen molar-refractivity contribution >= 4 is 40.5 Å². The van der Waals surface area contributed by atoms with Crippen LogP contribution >= 0.6 is 12.6 Å². The molecule has 1 N–H and O–H groups in total. The Bertz CT molecular complexity index is 709. The Labute approximate surface area is 112 Å².